The van der Waals surface area contributed by atoms with Gasteiger partial charge in [-0.2, -0.15) is 5.10 Å². The summed E-state index contributed by atoms with van der Waals surface area (Å²) >= 11 is 0. The molecule has 0 unspecified atom stereocenters. The molecule has 160 valence electrons. The first-order valence-corrected chi connectivity index (χ1v) is 10.1. The van der Waals surface area contributed by atoms with Gasteiger partial charge in [0.25, 0.3) is 5.91 Å². The van der Waals surface area contributed by atoms with Crippen LogP contribution in [-0.4, -0.2) is 56.2 Å². The van der Waals surface area contributed by atoms with E-state index in [1.165, 1.54) is 13.1 Å². The van der Waals surface area contributed by atoms with Crippen LogP contribution in [0.25, 0.3) is 11.0 Å². The van der Waals surface area contributed by atoms with Gasteiger partial charge in [0, 0.05) is 44.1 Å². The number of furan rings is 1. The third-order valence-electron chi connectivity index (χ3n) is 5.19. The molecule has 1 aliphatic heterocycles. The van der Waals surface area contributed by atoms with Crippen molar-refractivity contribution >= 4 is 34.7 Å². The summed E-state index contributed by atoms with van der Waals surface area (Å²) in [6.07, 6.45) is 1.43. The Morgan fingerprint density at radius 3 is 2.61 bits per heavy atom. The predicted octanol–water partition coefficient (Wildman–Crippen LogP) is 2.87. The summed E-state index contributed by atoms with van der Waals surface area (Å²) < 4.78 is 11.1. The van der Waals surface area contributed by atoms with E-state index in [2.05, 4.69) is 15.4 Å². The van der Waals surface area contributed by atoms with Crippen molar-refractivity contribution in [1.82, 2.24) is 10.3 Å². The van der Waals surface area contributed by atoms with Crippen molar-refractivity contribution in [2.75, 3.05) is 38.2 Å². The van der Waals surface area contributed by atoms with Crippen LogP contribution in [0.2, 0.25) is 0 Å². The molecule has 1 aromatic heterocycles. The number of anilines is 1. The summed E-state index contributed by atoms with van der Waals surface area (Å²) in [5.74, 6) is 1.08. The number of para-hydroxylation sites is 2. The van der Waals surface area contributed by atoms with Gasteiger partial charge in [-0.25, -0.2) is 5.43 Å². The molecule has 8 nitrogen and oxygen atoms in total. The van der Waals surface area contributed by atoms with E-state index >= 15 is 0 Å². The number of benzene rings is 2. The SMILES string of the molecule is COc1ccccc1N1CCN(C(=O)c2ccc3oc(/C=N/NC(C)=O)cc3c2)CC1. The molecule has 31 heavy (non-hydrogen) atoms. The molecule has 0 saturated carbocycles. The molecule has 2 amide bonds. The van der Waals surface area contributed by atoms with E-state index < -0.39 is 0 Å². The number of nitrogens with one attached hydrogen (secondary N) is 1. The van der Waals surface area contributed by atoms with E-state index in [1.807, 2.05) is 35.2 Å². The Hall–Kier alpha value is -3.81. The fourth-order valence-corrected chi connectivity index (χ4v) is 3.67. The topological polar surface area (TPSA) is 87.4 Å². The first kappa shape index (κ1) is 20.5. The van der Waals surface area contributed by atoms with Crippen LogP contribution in [0, 0.1) is 0 Å². The third kappa shape index (κ3) is 4.53. The lowest BCUT2D eigenvalue weighted by Gasteiger charge is -2.36. The predicted molar refractivity (Wildman–Crippen MR) is 119 cm³/mol. The van der Waals surface area contributed by atoms with Crippen molar-refractivity contribution in [1.29, 1.82) is 0 Å². The maximum absolute atomic E-state index is 13.0. The van der Waals surface area contributed by atoms with Gasteiger partial charge in [-0.3, -0.25) is 9.59 Å². The minimum Gasteiger partial charge on any atom is -0.495 e. The highest BCUT2D eigenvalue weighted by Gasteiger charge is 2.24. The fraction of sp³-hybridized carbons (Fsp3) is 0.261. The molecule has 2 aromatic carbocycles. The number of hydrazone groups is 1. The highest BCUT2D eigenvalue weighted by molar-refractivity contribution is 5.99. The van der Waals surface area contributed by atoms with Crippen molar-refractivity contribution in [3.63, 3.8) is 0 Å². The van der Waals surface area contributed by atoms with E-state index in [1.54, 1.807) is 25.3 Å². The maximum atomic E-state index is 13.0. The van der Waals surface area contributed by atoms with Gasteiger partial charge in [-0.1, -0.05) is 12.1 Å². The molecule has 1 fully saturated rings. The Labute approximate surface area is 180 Å². The fourth-order valence-electron chi connectivity index (χ4n) is 3.67. The lowest BCUT2D eigenvalue weighted by molar-refractivity contribution is -0.118. The number of hydrogen-bond acceptors (Lipinski definition) is 6. The van der Waals surface area contributed by atoms with Gasteiger partial charge < -0.3 is 19.0 Å². The smallest absolute Gasteiger partial charge is 0.254 e. The van der Waals surface area contributed by atoms with E-state index in [9.17, 15) is 9.59 Å². The average Bonchev–Trinajstić information content (AvgIpc) is 3.20. The van der Waals surface area contributed by atoms with E-state index in [0.717, 1.165) is 29.9 Å². The second-order valence-electron chi connectivity index (χ2n) is 7.28. The van der Waals surface area contributed by atoms with Gasteiger partial charge in [0.1, 0.15) is 17.1 Å². The van der Waals surface area contributed by atoms with Crippen molar-refractivity contribution < 1.29 is 18.7 Å². The van der Waals surface area contributed by atoms with Gasteiger partial charge >= 0.3 is 0 Å². The molecule has 0 spiro atoms. The quantitative estimate of drug-likeness (QED) is 0.507. The minimum atomic E-state index is -0.258. The first-order chi connectivity index (χ1) is 15.0. The molecule has 1 N–H and O–H groups in total. The van der Waals surface area contributed by atoms with Gasteiger partial charge in [0.2, 0.25) is 5.91 Å². The molecule has 0 aliphatic carbocycles. The number of piperazine rings is 1. The average molecular weight is 420 g/mol. The Kier molecular flexibility index (Phi) is 5.88. The van der Waals surface area contributed by atoms with Crippen LogP contribution in [0.3, 0.4) is 0 Å². The lowest BCUT2D eigenvalue weighted by atomic mass is 10.1. The molecule has 3 aromatic rings. The summed E-state index contributed by atoms with van der Waals surface area (Å²) in [5, 5.41) is 4.61. The zero-order valence-electron chi connectivity index (χ0n) is 17.5. The molecule has 8 heteroatoms. The summed E-state index contributed by atoms with van der Waals surface area (Å²) in [5.41, 5.74) is 4.65. The largest absolute Gasteiger partial charge is 0.495 e. The van der Waals surface area contributed by atoms with Crippen molar-refractivity contribution in [3.8, 4) is 5.75 Å². The lowest BCUT2D eigenvalue weighted by Crippen LogP contribution is -2.48. The van der Waals surface area contributed by atoms with Crippen LogP contribution >= 0.6 is 0 Å². The highest BCUT2D eigenvalue weighted by atomic mass is 16.5. The Bertz CT molecular complexity index is 1130. The maximum Gasteiger partial charge on any atom is 0.254 e. The van der Waals surface area contributed by atoms with Gasteiger partial charge in [-0.15, -0.1) is 0 Å². The van der Waals surface area contributed by atoms with Crippen LogP contribution in [-0.2, 0) is 4.79 Å². The summed E-state index contributed by atoms with van der Waals surface area (Å²) in [7, 11) is 1.67. The molecular weight excluding hydrogens is 396 g/mol. The Balaban J connectivity index is 1.43. The van der Waals surface area contributed by atoms with Crippen molar-refractivity contribution in [3.05, 3.63) is 59.9 Å². The molecule has 1 saturated heterocycles. The standard InChI is InChI=1S/C23H24N4O4/c1-16(28)25-24-15-19-14-18-13-17(7-8-21(18)31-19)23(29)27-11-9-26(10-12-27)20-5-3-4-6-22(20)30-2/h3-8,13-15H,9-12H2,1-2H3,(H,25,28)/b24-15+. The Morgan fingerprint density at radius 1 is 1.10 bits per heavy atom. The zero-order valence-corrected chi connectivity index (χ0v) is 17.5. The number of carbonyl (C=O) groups is 2. The van der Waals surface area contributed by atoms with Crippen molar-refractivity contribution in [2.24, 2.45) is 5.10 Å². The number of carbonyl (C=O) groups excluding carboxylic acids is 2. The van der Waals surface area contributed by atoms with Crippen LogP contribution < -0.4 is 15.1 Å². The molecule has 1 aliphatic rings. The van der Waals surface area contributed by atoms with Gasteiger partial charge in [0.15, 0.2) is 0 Å². The Morgan fingerprint density at radius 2 is 1.87 bits per heavy atom. The van der Waals surface area contributed by atoms with E-state index in [-0.39, 0.29) is 11.8 Å². The number of ether oxygens (including phenoxy) is 1. The van der Waals surface area contributed by atoms with Gasteiger partial charge in [-0.05, 0) is 36.4 Å². The van der Waals surface area contributed by atoms with E-state index in [0.29, 0.717) is 30.0 Å². The number of hydrogen-bond donors (Lipinski definition) is 1. The number of nitrogens with zero attached hydrogens (tertiary/aromatic N) is 3. The van der Waals surface area contributed by atoms with E-state index in [4.69, 9.17) is 9.15 Å². The molecule has 4 rings (SSSR count). The summed E-state index contributed by atoms with van der Waals surface area (Å²) in [4.78, 5) is 28.0. The molecule has 2 heterocycles. The monoisotopic (exact) mass is 420 g/mol. The zero-order chi connectivity index (χ0) is 21.8. The molecular formula is C23H24N4O4. The summed E-state index contributed by atoms with van der Waals surface area (Å²) in [6, 6.07) is 15.1. The molecule has 0 atom stereocenters. The van der Waals surface area contributed by atoms with Gasteiger partial charge in [0.05, 0.1) is 19.0 Å². The molecule has 0 bridgehead atoms. The normalized spacial score (nSPS) is 14.3. The van der Waals surface area contributed by atoms with Crippen LogP contribution in [0.15, 0.2) is 58.0 Å². The number of rotatable bonds is 5. The summed E-state index contributed by atoms with van der Waals surface area (Å²) in [6.45, 7) is 4.13. The second-order valence-corrected chi connectivity index (χ2v) is 7.28. The highest BCUT2D eigenvalue weighted by Crippen LogP contribution is 2.28. The van der Waals surface area contributed by atoms with Crippen molar-refractivity contribution in [2.45, 2.75) is 6.92 Å². The van der Waals surface area contributed by atoms with Crippen LogP contribution in [0.1, 0.15) is 23.0 Å². The second kappa shape index (κ2) is 8.91. The first-order valence-electron chi connectivity index (χ1n) is 10.1. The molecule has 0 radical (unpaired) electrons. The van der Waals surface area contributed by atoms with Crippen LogP contribution in [0.5, 0.6) is 5.75 Å². The van der Waals surface area contributed by atoms with Crippen LogP contribution in [0.4, 0.5) is 5.69 Å². The number of amides is 2. The third-order valence-corrected chi connectivity index (χ3v) is 5.19. The minimum absolute atomic E-state index is 0.00348. The number of methoxy groups -OCH3 is 1. The number of fused-ring (bicyclic) bond motifs is 1.